The quantitative estimate of drug-likeness (QED) is 0.491. The van der Waals surface area contributed by atoms with Crippen molar-refractivity contribution in [3.63, 3.8) is 0 Å². The molecule has 2 aromatic carbocycles. The number of aryl methyl sites for hydroxylation is 1. The van der Waals surface area contributed by atoms with E-state index in [1.807, 2.05) is 36.4 Å². The number of anilines is 1. The van der Waals surface area contributed by atoms with Crippen molar-refractivity contribution in [2.75, 3.05) is 11.9 Å². The molecule has 176 valence electrons. The van der Waals surface area contributed by atoms with E-state index in [4.69, 9.17) is 4.74 Å². The van der Waals surface area contributed by atoms with Crippen LogP contribution in [0.5, 0.6) is 0 Å². The fraction of sp³-hybridized carbons (Fsp3) is 0.280. The third-order valence-corrected chi connectivity index (χ3v) is 6.19. The normalized spacial score (nSPS) is 14.0. The Morgan fingerprint density at radius 2 is 1.68 bits per heavy atom. The van der Waals surface area contributed by atoms with E-state index in [0.29, 0.717) is 0 Å². The Labute approximate surface area is 196 Å². The highest BCUT2D eigenvalue weighted by atomic mass is 16.5. The van der Waals surface area contributed by atoms with Crippen molar-refractivity contribution in [2.24, 2.45) is 7.05 Å². The summed E-state index contributed by atoms with van der Waals surface area (Å²) in [5, 5.41) is 18.6. The number of amides is 2. The number of fused-ring (bicyclic) bond motifs is 3. The van der Waals surface area contributed by atoms with Gasteiger partial charge in [-0.05, 0) is 35.6 Å². The number of carboxylic acid groups (broad SMARTS) is 1. The summed E-state index contributed by atoms with van der Waals surface area (Å²) in [4.78, 5) is 36.9. The average molecular weight is 463 g/mol. The maximum atomic E-state index is 12.7. The first-order chi connectivity index (χ1) is 16.2. The number of hydrogen-bond donors (Lipinski definition) is 3. The molecular formula is C25H26N4O5. The van der Waals surface area contributed by atoms with E-state index in [1.165, 1.54) is 17.8 Å². The second-order valence-corrected chi connectivity index (χ2v) is 8.46. The number of aromatic nitrogens is 2. The fourth-order valence-electron chi connectivity index (χ4n) is 4.09. The molecule has 0 bridgehead atoms. The number of carbonyl (C=O) groups excluding carboxylic acids is 2. The first kappa shape index (κ1) is 23.0. The maximum absolute atomic E-state index is 12.7. The van der Waals surface area contributed by atoms with E-state index in [-0.39, 0.29) is 30.3 Å². The topological polar surface area (TPSA) is 123 Å². The van der Waals surface area contributed by atoms with Crippen molar-refractivity contribution in [1.29, 1.82) is 0 Å². The highest BCUT2D eigenvalue weighted by Gasteiger charge is 2.35. The van der Waals surface area contributed by atoms with Crippen LogP contribution in [0.1, 0.15) is 47.8 Å². The summed E-state index contributed by atoms with van der Waals surface area (Å²) in [6.45, 7) is 3.19. The summed E-state index contributed by atoms with van der Waals surface area (Å²) < 4.78 is 6.89. The molecule has 1 heterocycles. The molecule has 0 radical (unpaired) electrons. The van der Waals surface area contributed by atoms with E-state index in [0.717, 1.165) is 22.3 Å². The highest BCUT2D eigenvalue weighted by Crippen LogP contribution is 2.44. The Morgan fingerprint density at radius 1 is 1.09 bits per heavy atom. The predicted octanol–water partition coefficient (Wildman–Crippen LogP) is 3.76. The van der Waals surface area contributed by atoms with Crippen LogP contribution in [0.4, 0.5) is 10.5 Å². The van der Waals surface area contributed by atoms with E-state index >= 15 is 0 Å². The molecule has 1 aromatic heterocycles. The molecular weight excluding hydrogens is 436 g/mol. The predicted molar refractivity (Wildman–Crippen MR) is 126 cm³/mol. The van der Waals surface area contributed by atoms with E-state index in [1.54, 1.807) is 14.0 Å². The monoisotopic (exact) mass is 462 g/mol. The molecule has 1 atom stereocenters. The number of carbonyl (C=O) groups is 3. The van der Waals surface area contributed by atoms with Crippen LogP contribution in [0.3, 0.4) is 0 Å². The van der Waals surface area contributed by atoms with Gasteiger partial charge in [0.25, 0.3) is 5.91 Å². The first-order valence-corrected chi connectivity index (χ1v) is 10.9. The molecule has 0 spiro atoms. The number of carboxylic acids is 1. The van der Waals surface area contributed by atoms with Crippen molar-refractivity contribution in [3.8, 4) is 11.1 Å². The highest BCUT2D eigenvalue weighted by molar-refractivity contribution is 6.02. The largest absolute Gasteiger partial charge is 0.480 e. The lowest BCUT2D eigenvalue weighted by Gasteiger charge is -2.24. The molecule has 1 aliphatic carbocycles. The summed E-state index contributed by atoms with van der Waals surface area (Å²) in [5.41, 5.74) is 2.98. The Hall–Kier alpha value is -4.14. The standard InChI is InChI=1S/C25H26N4O5/c1-4-25(2,23(31)32)27-22(30)21-20(13-29(3)28-21)26-24(33)34-14-19-17-11-7-5-9-15(17)16-10-6-8-12-18(16)19/h5-13,19H,4,14H2,1-3H3,(H,26,33)(H,27,30)(H,31,32). The van der Waals surface area contributed by atoms with Crippen LogP contribution in [0.25, 0.3) is 11.1 Å². The minimum absolute atomic E-state index is 0.100. The molecule has 34 heavy (non-hydrogen) atoms. The second-order valence-electron chi connectivity index (χ2n) is 8.46. The van der Waals surface area contributed by atoms with Gasteiger partial charge in [-0.1, -0.05) is 55.5 Å². The SMILES string of the molecule is CCC(C)(NC(=O)c1nn(C)cc1NC(=O)OCC1c2ccccc2-c2ccccc21)C(=O)O. The van der Waals surface area contributed by atoms with Crippen LogP contribution in [0, 0.1) is 0 Å². The molecule has 3 N–H and O–H groups in total. The molecule has 0 saturated carbocycles. The van der Waals surface area contributed by atoms with Crippen molar-refractivity contribution in [1.82, 2.24) is 15.1 Å². The number of benzene rings is 2. The van der Waals surface area contributed by atoms with Crippen molar-refractivity contribution in [3.05, 3.63) is 71.5 Å². The molecule has 1 aliphatic rings. The minimum atomic E-state index is -1.46. The minimum Gasteiger partial charge on any atom is -0.480 e. The molecule has 0 fully saturated rings. The van der Waals surface area contributed by atoms with Gasteiger partial charge in [0.15, 0.2) is 5.69 Å². The smallest absolute Gasteiger partial charge is 0.411 e. The van der Waals surface area contributed by atoms with Crippen LogP contribution in [-0.4, -0.2) is 45.0 Å². The van der Waals surface area contributed by atoms with Crippen LogP contribution >= 0.6 is 0 Å². The molecule has 9 nitrogen and oxygen atoms in total. The number of nitrogens with one attached hydrogen (secondary N) is 2. The van der Waals surface area contributed by atoms with Gasteiger partial charge < -0.3 is 15.2 Å². The first-order valence-electron chi connectivity index (χ1n) is 10.9. The summed E-state index contributed by atoms with van der Waals surface area (Å²) in [6, 6.07) is 16.0. The number of nitrogens with zero attached hydrogens (tertiary/aromatic N) is 2. The summed E-state index contributed by atoms with van der Waals surface area (Å²) in [7, 11) is 1.59. The Bertz CT molecular complexity index is 1220. The number of hydrogen-bond acceptors (Lipinski definition) is 5. The Morgan fingerprint density at radius 3 is 2.24 bits per heavy atom. The third kappa shape index (κ3) is 4.24. The summed E-state index contributed by atoms with van der Waals surface area (Å²) in [6.07, 6.45) is 0.900. The zero-order chi connectivity index (χ0) is 24.5. The van der Waals surface area contributed by atoms with Crippen molar-refractivity contribution < 1.29 is 24.2 Å². The van der Waals surface area contributed by atoms with Gasteiger partial charge in [0, 0.05) is 19.2 Å². The van der Waals surface area contributed by atoms with Gasteiger partial charge in [0.05, 0.1) is 5.69 Å². The van der Waals surface area contributed by atoms with Gasteiger partial charge in [-0.25, -0.2) is 9.59 Å². The molecule has 1 unspecified atom stereocenters. The van der Waals surface area contributed by atoms with Gasteiger partial charge in [0.2, 0.25) is 0 Å². The Balaban J connectivity index is 1.47. The van der Waals surface area contributed by atoms with Crippen molar-refractivity contribution in [2.45, 2.75) is 31.7 Å². The van der Waals surface area contributed by atoms with Gasteiger partial charge in [0.1, 0.15) is 12.1 Å². The third-order valence-electron chi connectivity index (χ3n) is 6.19. The van der Waals surface area contributed by atoms with Gasteiger partial charge >= 0.3 is 12.1 Å². The van der Waals surface area contributed by atoms with E-state index in [9.17, 15) is 19.5 Å². The van der Waals surface area contributed by atoms with E-state index < -0.39 is 23.5 Å². The molecule has 9 heteroatoms. The number of ether oxygens (including phenoxy) is 1. The van der Waals surface area contributed by atoms with Gasteiger partial charge in [-0.15, -0.1) is 0 Å². The molecule has 0 saturated heterocycles. The molecule has 3 aromatic rings. The summed E-state index contributed by atoms with van der Waals surface area (Å²) in [5.74, 6) is -1.97. The van der Waals surface area contributed by atoms with Crippen LogP contribution < -0.4 is 10.6 Å². The lowest BCUT2D eigenvalue weighted by atomic mass is 9.98. The number of aliphatic carboxylic acids is 1. The lowest BCUT2D eigenvalue weighted by molar-refractivity contribution is -0.143. The molecule has 4 rings (SSSR count). The van der Waals surface area contributed by atoms with Gasteiger partial charge in [-0.3, -0.25) is 14.8 Å². The summed E-state index contributed by atoms with van der Waals surface area (Å²) >= 11 is 0. The molecule has 2 amide bonds. The molecule has 0 aliphatic heterocycles. The number of rotatable bonds is 7. The van der Waals surface area contributed by atoms with Crippen molar-refractivity contribution >= 4 is 23.7 Å². The van der Waals surface area contributed by atoms with Crippen LogP contribution in [0.15, 0.2) is 54.7 Å². The van der Waals surface area contributed by atoms with Crippen LogP contribution in [0.2, 0.25) is 0 Å². The fourth-order valence-corrected chi connectivity index (χ4v) is 4.09. The maximum Gasteiger partial charge on any atom is 0.411 e. The lowest BCUT2D eigenvalue weighted by Crippen LogP contribution is -2.51. The second kappa shape index (κ2) is 9.01. The average Bonchev–Trinajstić information content (AvgIpc) is 3.34. The van der Waals surface area contributed by atoms with E-state index in [2.05, 4.69) is 27.9 Å². The zero-order valence-corrected chi connectivity index (χ0v) is 19.2. The Kier molecular flexibility index (Phi) is 6.10. The zero-order valence-electron chi connectivity index (χ0n) is 19.2. The van der Waals surface area contributed by atoms with Crippen LogP contribution in [-0.2, 0) is 16.6 Å². The van der Waals surface area contributed by atoms with Gasteiger partial charge in [-0.2, -0.15) is 5.10 Å².